The summed E-state index contributed by atoms with van der Waals surface area (Å²) in [5.74, 6) is 0.718. The summed E-state index contributed by atoms with van der Waals surface area (Å²) < 4.78 is 4.86. The standard InChI is InChI=1S/C6H10O.C4H3NO2/c1-5(2)7-6(3)4;6-3-1-2-4(7)5-3/h1,3H2,2,4H3;1-2H,(H,5,6,7). The van der Waals surface area contributed by atoms with Gasteiger partial charge in [-0.3, -0.25) is 14.9 Å². The van der Waals surface area contributed by atoms with E-state index in [0.717, 1.165) is 0 Å². The van der Waals surface area contributed by atoms with Crippen molar-refractivity contribution in [3.05, 3.63) is 36.8 Å². The molecule has 0 saturated carbocycles. The topological polar surface area (TPSA) is 55.4 Å². The van der Waals surface area contributed by atoms with Gasteiger partial charge in [-0.1, -0.05) is 13.2 Å². The second-order valence-electron chi connectivity index (χ2n) is 2.69. The highest BCUT2D eigenvalue weighted by Gasteiger charge is 2.06. The minimum absolute atomic E-state index is 0.329. The highest BCUT2D eigenvalue weighted by atomic mass is 16.5. The minimum atomic E-state index is -0.329. The van der Waals surface area contributed by atoms with Crippen LogP contribution in [0, 0.1) is 0 Å². The molecule has 14 heavy (non-hydrogen) atoms. The Morgan fingerprint density at radius 2 is 1.50 bits per heavy atom. The number of allylic oxidation sites excluding steroid dienone is 2. The average molecular weight is 195 g/mol. The molecule has 1 N–H and O–H groups in total. The van der Waals surface area contributed by atoms with Gasteiger partial charge in [0.25, 0.3) is 11.8 Å². The monoisotopic (exact) mass is 195 g/mol. The van der Waals surface area contributed by atoms with E-state index in [1.165, 1.54) is 12.2 Å². The van der Waals surface area contributed by atoms with Gasteiger partial charge in [-0.05, 0) is 13.8 Å². The molecule has 4 heteroatoms. The van der Waals surface area contributed by atoms with Gasteiger partial charge in [-0.2, -0.15) is 0 Å². The highest BCUT2D eigenvalue weighted by Crippen LogP contribution is 1.97. The van der Waals surface area contributed by atoms with Crippen LogP contribution >= 0.6 is 0 Å². The molecule has 1 heterocycles. The molecule has 0 aromatic rings. The summed E-state index contributed by atoms with van der Waals surface area (Å²) in [5, 5.41) is 2.03. The van der Waals surface area contributed by atoms with Crippen molar-refractivity contribution in [3.8, 4) is 0 Å². The maximum absolute atomic E-state index is 10.0. The lowest BCUT2D eigenvalue weighted by molar-refractivity contribution is -0.123. The average Bonchev–Trinajstić information content (AvgIpc) is 2.32. The molecule has 0 aromatic carbocycles. The second-order valence-corrected chi connectivity index (χ2v) is 2.69. The number of nitrogens with one attached hydrogen (secondary N) is 1. The fourth-order valence-electron chi connectivity index (χ4n) is 0.654. The Kier molecular flexibility index (Phi) is 4.99. The summed E-state index contributed by atoms with van der Waals surface area (Å²) in [6.07, 6.45) is 2.39. The number of carbonyl (C=O) groups excluding carboxylic acids is 2. The van der Waals surface area contributed by atoms with Crippen molar-refractivity contribution in [2.75, 3.05) is 0 Å². The van der Waals surface area contributed by atoms with Crippen molar-refractivity contribution < 1.29 is 14.3 Å². The molecule has 0 atom stereocenters. The second kappa shape index (κ2) is 5.75. The molecule has 0 fully saturated rings. The van der Waals surface area contributed by atoms with Crippen LogP contribution in [0.3, 0.4) is 0 Å². The Hall–Kier alpha value is -1.84. The number of imide groups is 1. The number of amides is 2. The van der Waals surface area contributed by atoms with Crippen molar-refractivity contribution in [3.63, 3.8) is 0 Å². The first-order chi connectivity index (χ1) is 6.41. The smallest absolute Gasteiger partial charge is 0.250 e. The summed E-state index contributed by atoms with van der Waals surface area (Å²) in [4.78, 5) is 20.1. The third-order valence-electron chi connectivity index (χ3n) is 0.981. The molecule has 76 valence electrons. The Bertz CT molecular complexity index is 274. The first-order valence-electron chi connectivity index (χ1n) is 3.93. The van der Waals surface area contributed by atoms with Crippen LogP contribution in [0.15, 0.2) is 36.8 Å². The Morgan fingerprint density at radius 1 is 1.14 bits per heavy atom. The molecule has 0 aliphatic carbocycles. The van der Waals surface area contributed by atoms with Crippen LogP contribution < -0.4 is 5.32 Å². The fraction of sp³-hybridized carbons (Fsp3) is 0.200. The molecule has 1 rings (SSSR count). The van der Waals surface area contributed by atoms with E-state index in [2.05, 4.69) is 13.2 Å². The number of carbonyl (C=O) groups is 2. The largest absolute Gasteiger partial charge is 0.468 e. The summed E-state index contributed by atoms with van der Waals surface area (Å²) in [6.45, 7) is 10.6. The fourth-order valence-corrected chi connectivity index (χ4v) is 0.654. The Labute approximate surface area is 82.9 Å². The van der Waals surface area contributed by atoms with E-state index in [1.807, 2.05) is 5.32 Å². The van der Waals surface area contributed by atoms with Gasteiger partial charge in [0, 0.05) is 12.2 Å². The number of ether oxygens (including phenoxy) is 1. The van der Waals surface area contributed by atoms with E-state index < -0.39 is 0 Å². The molecule has 0 saturated heterocycles. The molecule has 0 radical (unpaired) electrons. The van der Waals surface area contributed by atoms with Crippen LogP contribution in [-0.4, -0.2) is 11.8 Å². The van der Waals surface area contributed by atoms with Crippen molar-refractivity contribution in [2.24, 2.45) is 0 Å². The molecule has 0 unspecified atom stereocenters. The van der Waals surface area contributed by atoms with Gasteiger partial charge < -0.3 is 4.74 Å². The predicted molar refractivity (Wildman–Crippen MR) is 53.0 cm³/mol. The maximum Gasteiger partial charge on any atom is 0.250 e. The van der Waals surface area contributed by atoms with Crippen LogP contribution in [0.5, 0.6) is 0 Å². The molecular weight excluding hydrogens is 182 g/mol. The van der Waals surface area contributed by atoms with Crippen molar-refractivity contribution in [1.29, 1.82) is 0 Å². The molecule has 0 aromatic heterocycles. The Morgan fingerprint density at radius 3 is 1.57 bits per heavy atom. The van der Waals surface area contributed by atoms with E-state index in [9.17, 15) is 9.59 Å². The summed E-state index contributed by atoms with van der Waals surface area (Å²) in [5.41, 5.74) is 0. The number of rotatable bonds is 2. The van der Waals surface area contributed by atoms with Crippen molar-refractivity contribution >= 4 is 11.8 Å². The van der Waals surface area contributed by atoms with E-state index in [-0.39, 0.29) is 11.8 Å². The van der Waals surface area contributed by atoms with Gasteiger partial charge in [0.15, 0.2) is 0 Å². The lowest BCUT2D eigenvalue weighted by Crippen LogP contribution is -2.19. The van der Waals surface area contributed by atoms with Crippen molar-refractivity contribution in [2.45, 2.75) is 13.8 Å². The molecule has 2 amide bonds. The zero-order valence-electron chi connectivity index (χ0n) is 8.29. The van der Waals surface area contributed by atoms with Crippen LogP contribution in [0.1, 0.15) is 13.8 Å². The first-order valence-corrected chi connectivity index (χ1v) is 3.93. The van der Waals surface area contributed by atoms with Crippen LogP contribution in [0.2, 0.25) is 0 Å². The van der Waals surface area contributed by atoms with Gasteiger partial charge >= 0.3 is 0 Å². The third kappa shape index (κ3) is 6.84. The number of hydrogen-bond donors (Lipinski definition) is 1. The van der Waals surface area contributed by atoms with E-state index in [4.69, 9.17) is 4.74 Å². The van der Waals surface area contributed by atoms with Crippen LogP contribution in [0.4, 0.5) is 0 Å². The van der Waals surface area contributed by atoms with Gasteiger partial charge in [-0.15, -0.1) is 0 Å². The zero-order chi connectivity index (χ0) is 11.1. The zero-order valence-corrected chi connectivity index (χ0v) is 8.29. The third-order valence-corrected chi connectivity index (χ3v) is 0.981. The first kappa shape index (κ1) is 12.2. The normalized spacial score (nSPS) is 12.7. The van der Waals surface area contributed by atoms with E-state index in [1.54, 1.807) is 13.8 Å². The predicted octanol–water partition coefficient (Wildman–Crippen LogP) is 1.27. The van der Waals surface area contributed by atoms with Gasteiger partial charge in [-0.25, -0.2) is 0 Å². The quantitative estimate of drug-likeness (QED) is 0.533. The molecule has 0 bridgehead atoms. The molecule has 0 spiro atoms. The SMILES string of the molecule is C=C(C)OC(=C)C.O=C1C=CC(=O)N1. The highest BCUT2D eigenvalue weighted by molar-refractivity contribution is 6.12. The molecule has 1 aliphatic heterocycles. The summed E-state index contributed by atoms with van der Waals surface area (Å²) in [6, 6.07) is 0. The number of hydrogen-bond acceptors (Lipinski definition) is 3. The summed E-state index contributed by atoms with van der Waals surface area (Å²) >= 11 is 0. The van der Waals surface area contributed by atoms with Crippen LogP contribution in [-0.2, 0) is 14.3 Å². The summed E-state index contributed by atoms with van der Waals surface area (Å²) in [7, 11) is 0. The molecule has 1 aliphatic rings. The van der Waals surface area contributed by atoms with Crippen molar-refractivity contribution in [1.82, 2.24) is 5.32 Å². The van der Waals surface area contributed by atoms with E-state index >= 15 is 0 Å². The molecule has 4 nitrogen and oxygen atoms in total. The maximum atomic E-state index is 10.0. The molecular formula is C10H13NO3. The van der Waals surface area contributed by atoms with Gasteiger partial charge in [0.1, 0.15) is 0 Å². The lowest BCUT2D eigenvalue weighted by Gasteiger charge is -1.99. The Balaban J connectivity index is 0.000000241. The van der Waals surface area contributed by atoms with Gasteiger partial charge in [0.05, 0.1) is 11.5 Å². The van der Waals surface area contributed by atoms with Crippen LogP contribution in [0.25, 0.3) is 0 Å². The van der Waals surface area contributed by atoms with Gasteiger partial charge in [0.2, 0.25) is 0 Å². The van der Waals surface area contributed by atoms with E-state index in [0.29, 0.717) is 11.5 Å². The minimum Gasteiger partial charge on any atom is -0.468 e. The lowest BCUT2D eigenvalue weighted by atomic mass is 10.6.